The van der Waals surface area contributed by atoms with E-state index in [-0.39, 0.29) is 23.4 Å². The minimum atomic E-state index is -4.14. The number of aryl methyl sites for hydroxylation is 2. The second-order valence-electron chi connectivity index (χ2n) is 11.4. The van der Waals surface area contributed by atoms with Crippen LogP contribution in [0.15, 0.2) is 71.6 Å². The number of benzene rings is 3. The van der Waals surface area contributed by atoms with Crippen LogP contribution in [0.2, 0.25) is 5.02 Å². The predicted molar refractivity (Wildman–Crippen MR) is 173 cm³/mol. The first-order chi connectivity index (χ1) is 20.5. The number of halogens is 1. The quantitative estimate of drug-likeness (QED) is 0.257. The lowest BCUT2D eigenvalue weighted by Crippen LogP contribution is -2.54. The van der Waals surface area contributed by atoms with Gasteiger partial charge in [-0.1, -0.05) is 85.8 Å². The van der Waals surface area contributed by atoms with Crippen molar-refractivity contribution < 1.29 is 18.0 Å². The van der Waals surface area contributed by atoms with Crippen LogP contribution in [0.5, 0.6) is 0 Å². The standard InChI is InChI=1S/C34H42ClN3O4S/c1-5-31(34(40)36-28-14-7-6-8-15-28)37(22-27-13-9-10-16-30(27)35)33(39)23-38(32-17-11-12-25(3)26(32)4)43(41,42)29-20-18-24(2)19-21-29/h9-13,16-21,28,31H,5-8,14-15,22-23H2,1-4H3,(H,36,40)/t31-/m0/s1. The number of hydrogen-bond acceptors (Lipinski definition) is 4. The molecular weight excluding hydrogens is 582 g/mol. The van der Waals surface area contributed by atoms with Gasteiger partial charge in [0.1, 0.15) is 12.6 Å². The summed E-state index contributed by atoms with van der Waals surface area (Å²) in [5, 5.41) is 3.64. The molecular formula is C34H42ClN3O4S. The highest BCUT2D eigenvalue weighted by atomic mass is 35.5. The Bertz CT molecular complexity index is 1540. The number of carbonyl (C=O) groups excluding carboxylic acids is 2. The smallest absolute Gasteiger partial charge is 0.264 e. The zero-order valence-electron chi connectivity index (χ0n) is 25.5. The summed E-state index contributed by atoms with van der Waals surface area (Å²) in [7, 11) is -4.14. The summed E-state index contributed by atoms with van der Waals surface area (Å²) >= 11 is 6.52. The maximum Gasteiger partial charge on any atom is 0.264 e. The Kier molecular flexibility index (Phi) is 10.9. The van der Waals surface area contributed by atoms with Gasteiger partial charge in [0.25, 0.3) is 10.0 Å². The molecule has 1 aliphatic carbocycles. The van der Waals surface area contributed by atoms with Crippen molar-refractivity contribution in [1.82, 2.24) is 10.2 Å². The first-order valence-corrected chi connectivity index (χ1v) is 16.8. The van der Waals surface area contributed by atoms with Gasteiger partial charge in [-0.3, -0.25) is 13.9 Å². The highest BCUT2D eigenvalue weighted by molar-refractivity contribution is 7.92. The average molecular weight is 624 g/mol. The SMILES string of the molecule is CC[C@@H](C(=O)NC1CCCCC1)N(Cc1ccccc1Cl)C(=O)CN(c1cccc(C)c1C)S(=O)(=O)c1ccc(C)cc1. The van der Waals surface area contributed by atoms with E-state index in [1.165, 1.54) is 9.21 Å². The van der Waals surface area contributed by atoms with Gasteiger partial charge in [-0.25, -0.2) is 8.42 Å². The van der Waals surface area contributed by atoms with Gasteiger partial charge < -0.3 is 10.2 Å². The van der Waals surface area contributed by atoms with E-state index in [4.69, 9.17) is 11.6 Å². The summed E-state index contributed by atoms with van der Waals surface area (Å²) in [6, 6.07) is 18.5. The molecule has 1 fully saturated rings. The molecule has 1 aliphatic rings. The normalized spacial score (nSPS) is 14.6. The van der Waals surface area contributed by atoms with Crippen LogP contribution in [0.1, 0.15) is 67.7 Å². The van der Waals surface area contributed by atoms with Crippen LogP contribution in [-0.2, 0) is 26.2 Å². The van der Waals surface area contributed by atoms with Crippen LogP contribution in [0.4, 0.5) is 5.69 Å². The molecule has 0 radical (unpaired) electrons. The minimum Gasteiger partial charge on any atom is -0.352 e. The highest BCUT2D eigenvalue weighted by Gasteiger charge is 2.35. The summed E-state index contributed by atoms with van der Waals surface area (Å²) in [5.41, 5.74) is 3.69. The third-order valence-corrected chi connectivity index (χ3v) is 10.5. The maximum atomic E-state index is 14.4. The van der Waals surface area contributed by atoms with Gasteiger partial charge in [0.05, 0.1) is 10.6 Å². The molecule has 0 saturated heterocycles. The number of nitrogens with zero attached hydrogens (tertiary/aromatic N) is 2. The number of rotatable bonds is 11. The Morgan fingerprint density at radius 2 is 1.60 bits per heavy atom. The third-order valence-electron chi connectivity index (χ3n) is 8.37. The molecule has 0 bridgehead atoms. The van der Waals surface area contributed by atoms with E-state index in [2.05, 4.69) is 5.32 Å². The average Bonchev–Trinajstić information content (AvgIpc) is 2.99. The number of hydrogen-bond donors (Lipinski definition) is 1. The van der Waals surface area contributed by atoms with Crippen LogP contribution in [0.25, 0.3) is 0 Å². The molecule has 1 N–H and O–H groups in total. The van der Waals surface area contributed by atoms with Gasteiger partial charge in [-0.15, -0.1) is 0 Å². The number of amides is 2. The first kappa shape index (κ1) is 32.6. The molecule has 4 rings (SSSR count). The van der Waals surface area contributed by atoms with E-state index >= 15 is 0 Å². The Morgan fingerprint density at radius 1 is 0.930 bits per heavy atom. The molecule has 1 atom stereocenters. The lowest BCUT2D eigenvalue weighted by atomic mass is 9.95. The molecule has 0 aliphatic heterocycles. The van der Waals surface area contributed by atoms with Gasteiger partial charge >= 0.3 is 0 Å². The lowest BCUT2D eigenvalue weighted by molar-refractivity contribution is -0.140. The Labute approximate surface area is 261 Å². The van der Waals surface area contributed by atoms with Crippen molar-refractivity contribution in [2.75, 3.05) is 10.8 Å². The van der Waals surface area contributed by atoms with Gasteiger partial charge in [0, 0.05) is 17.6 Å². The minimum absolute atomic E-state index is 0.0698. The molecule has 3 aromatic rings. The molecule has 0 aromatic heterocycles. The molecule has 7 nitrogen and oxygen atoms in total. The zero-order valence-corrected chi connectivity index (χ0v) is 27.0. The Morgan fingerprint density at radius 3 is 2.26 bits per heavy atom. The van der Waals surface area contributed by atoms with E-state index in [9.17, 15) is 18.0 Å². The van der Waals surface area contributed by atoms with E-state index in [1.54, 1.807) is 42.5 Å². The van der Waals surface area contributed by atoms with Crippen molar-refractivity contribution in [3.8, 4) is 0 Å². The molecule has 0 unspecified atom stereocenters. The molecule has 9 heteroatoms. The van der Waals surface area contributed by atoms with Crippen LogP contribution < -0.4 is 9.62 Å². The molecule has 0 spiro atoms. The number of nitrogens with one attached hydrogen (secondary N) is 1. The van der Waals surface area contributed by atoms with Gasteiger partial charge in [0.2, 0.25) is 11.8 Å². The maximum absolute atomic E-state index is 14.4. The van der Waals surface area contributed by atoms with Gasteiger partial charge in [0.15, 0.2) is 0 Å². The fourth-order valence-corrected chi connectivity index (χ4v) is 7.30. The van der Waals surface area contributed by atoms with Crippen LogP contribution in [0.3, 0.4) is 0 Å². The van der Waals surface area contributed by atoms with Gasteiger partial charge in [-0.05, 0) is 81.0 Å². The van der Waals surface area contributed by atoms with Crippen LogP contribution >= 0.6 is 11.6 Å². The highest BCUT2D eigenvalue weighted by Crippen LogP contribution is 2.30. The van der Waals surface area contributed by atoms with E-state index in [0.717, 1.165) is 48.8 Å². The van der Waals surface area contributed by atoms with Gasteiger partial charge in [-0.2, -0.15) is 0 Å². The van der Waals surface area contributed by atoms with Crippen LogP contribution in [-0.4, -0.2) is 43.8 Å². The number of carbonyl (C=O) groups is 2. The largest absolute Gasteiger partial charge is 0.352 e. The fourth-order valence-electron chi connectivity index (χ4n) is 5.63. The van der Waals surface area contributed by atoms with Crippen molar-refractivity contribution in [2.45, 2.75) is 89.7 Å². The Hall–Kier alpha value is -3.36. The molecule has 1 saturated carbocycles. The first-order valence-electron chi connectivity index (χ1n) is 15.0. The van der Waals surface area contributed by atoms with E-state index in [0.29, 0.717) is 22.7 Å². The Balaban J connectivity index is 1.75. The van der Waals surface area contributed by atoms with Crippen molar-refractivity contribution in [1.29, 1.82) is 0 Å². The monoisotopic (exact) mass is 623 g/mol. The summed E-state index contributed by atoms with van der Waals surface area (Å²) in [6.07, 6.45) is 5.47. The second kappa shape index (κ2) is 14.4. The van der Waals surface area contributed by atoms with E-state index in [1.807, 2.05) is 52.0 Å². The third kappa shape index (κ3) is 7.78. The van der Waals surface area contributed by atoms with Crippen molar-refractivity contribution in [2.24, 2.45) is 0 Å². The zero-order chi connectivity index (χ0) is 31.1. The summed E-state index contributed by atoms with van der Waals surface area (Å²) in [4.78, 5) is 29.6. The van der Waals surface area contributed by atoms with Crippen molar-refractivity contribution >= 4 is 39.1 Å². The second-order valence-corrected chi connectivity index (χ2v) is 13.7. The lowest BCUT2D eigenvalue weighted by Gasteiger charge is -2.35. The predicted octanol–water partition coefficient (Wildman–Crippen LogP) is 6.72. The fraction of sp³-hybridized carbons (Fsp3) is 0.412. The number of anilines is 1. The van der Waals surface area contributed by atoms with E-state index < -0.39 is 28.5 Å². The summed E-state index contributed by atoms with van der Waals surface area (Å²) < 4.78 is 29.5. The van der Waals surface area contributed by atoms with Crippen LogP contribution in [0, 0.1) is 20.8 Å². The summed E-state index contributed by atoms with van der Waals surface area (Å²) in [5.74, 6) is -0.711. The summed E-state index contributed by atoms with van der Waals surface area (Å²) in [6.45, 7) is 7.10. The topological polar surface area (TPSA) is 86.8 Å². The molecule has 3 aromatic carbocycles. The number of sulfonamides is 1. The molecule has 2 amide bonds. The molecule has 43 heavy (non-hydrogen) atoms. The molecule has 230 valence electrons. The molecule has 0 heterocycles. The van der Waals surface area contributed by atoms with Crippen molar-refractivity contribution in [3.05, 3.63) is 94.0 Å². The van der Waals surface area contributed by atoms with Crippen molar-refractivity contribution in [3.63, 3.8) is 0 Å².